The summed E-state index contributed by atoms with van der Waals surface area (Å²) >= 11 is 5.20. The molecule has 0 radical (unpaired) electrons. The molecule has 0 aliphatic rings. The second kappa shape index (κ2) is 5.07. The van der Waals surface area contributed by atoms with Crippen molar-refractivity contribution in [1.29, 1.82) is 0 Å². The SMILES string of the molecule is COc1cc(OC)c(C(=O)Cl)c(C(F)F)n1. The van der Waals surface area contributed by atoms with Crippen molar-refractivity contribution in [2.45, 2.75) is 6.43 Å². The number of carbonyl (C=O) groups is 1. The number of carbonyl (C=O) groups excluding carboxylic acids is 1. The fraction of sp³-hybridized carbons (Fsp3) is 0.333. The number of pyridine rings is 1. The van der Waals surface area contributed by atoms with Gasteiger partial charge in [-0.05, 0) is 11.6 Å². The minimum Gasteiger partial charge on any atom is -0.496 e. The number of methoxy groups -OCH3 is 2. The normalized spacial score (nSPS) is 10.4. The van der Waals surface area contributed by atoms with Crippen LogP contribution in [0.4, 0.5) is 8.78 Å². The molecule has 0 atom stereocenters. The average Bonchev–Trinajstić information content (AvgIpc) is 2.26. The van der Waals surface area contributed by atoms with Crippen LogP contribution in [0.3, 0.4) is 0 Å². The molecule has 0 aliphatic heterocycles. The number of rotatable bonds is 4. The summed E-state index contributed by atoms with van der Waals surface area (Å²) in [4.78, 5) is 14.5. The van der Waals surface area contributed by atoms with Crippen LogP contribution in [0.15, 0.2) is 6.07 Å². The van der Waals surface area contributed by atoms with Crippen LogP contribution in [0.5, 0.6) is 11.6 Å². The molecule has 0 saturated carbocycles. The molecule has 0 unspecified atom stereocenters. The summed E-state index contributed by atoms with van der Waals surface area (Å²) in [6.45, 7) is 0. The molecule has 1 aromatic heterocycles. The largest absolute Gasteiger partial charge is 0.496 e. The van der Waals surface area contributed by atoms with Crippen LogP contribution in [0.1, 0.15) is 22.5 Å². The highest BCUT2D eigenvalue weighted by atomic mass is 35.5. The third-order valence-electron chi connectivity index (χ3n) is 1.82. The van der Waals surface area contributed by atoms with E-state index in [1.54, 1.807) is 0 Å². The second-order valence-electron chi connectivity index (χ2n) is 2.70. The van der Waals surface area contributed by atoms with Gasteiger partial charge in [-0.25, -0.2) is 13.8 Å². The van der Waals surface area contributed by atoms with Gasteiger partial charge in [0.25, 0.3) is 11.7 Å². The van der Waals surface area contributed by atoms with Gasteiger partial charge in [-0.1, -0.05) is 0 Å². The fourth-order valence-corrected chi connectivity index (χ4v) is 1.33. The smallest absolute Gasteiger partial charge is 0.281 e. The lowest BCUT2D eigenvalue weighted by Gasteiger charge is -2.11. The Bertz CT molecular complexity index is 412. The molecule has 0 aliphatic carbocycles. The molecule has 0 bridgehead atoms. The van der Waals surface area contributed by atoms with Gasteiger partial charge in [0.2, 0.25) is 5.88 Å². The van der Waals surface area contributed by atoms with E-state index >= 15 is 0 Å². The Hall–Kier alpha value is -1.43. The molecule has 0 N–H and O–H groups in total. The van der Waals surface area contributed by atoms with E-state index in [0.717, 1.165) is 0 Å². The van der Waals surface area contributed by atoms with Crippen molar-refractivity contribution < 1.29 is 23.0 Å². The van der Waals surface area contributed by atoms with Crippen LogP contribution in [0, 0.1) is 0 Å². The quantitative estimate of drug-likeness (QED) is 0.771. The summed E-state index contributed by atoms with van der Waals surface area (Å²) in [5.41, 5.74) is -1.20. The number of hydrogen-bond donors (Lipinski definition) is 0. The van der Waals surface area contributed by atoms with Crippen LogP contribution >= 0.6 is 11.6 Å². The first-order chi connectivity index (χ1) is 7.51. The van der Waals surface area contributed by atoms with Crippen molar-refractivity contribution in [2.75, 3.05) is 14.2 Å². The highest BCUT2D eigenvalue weighted by Gasteiger charge is 2.25. The summed E-state index contributed by atoms with van der Waals surface area (Å²) in [6, 6.07) is 1.21. The van der Waals surface area contributed by atoms with Gasteiger partial charge in [-0.3, -0.25) is 4.79 Å². The van der Waals surface area contributed by atoms with Crippen LogP contribution in [-0.2, 0) is 0 Å². The highest BCUT2D eigenvalue weighted by molar-refractivity contribution is 6.68. The van der Waals surface area contributed by atoms with E-state index in [-0.39, 0.29) is 11.6 Å². The molecule has 0 fully saturated rings. The van der Waals surface area contributed by atoms with Crippen molar-refractivity contribution in [2.24, 2.45) is 0 Å². The van der Waals surface area contributed by atoms with Crippen LogP contribution < -0.4 is 9.47 Å². The minimum atomic E-state index is -2.94. The molecule has 0 amide bonds. The number of halogens is 3. The van der Waals surface area contributed by atoms with Gasteiger partial charge in [0.05, 0.1) is 14.2 Å². The topological polar surface area (TPSA) is 48.4 Å². The predicted molar refractivity (Wildman–Crippen MR) is 52.5 cm³/mol. The maximum Gasteiger partial charge on any atom is 0.281 e. The molecule has 1 rings (SSSR count). The Morgan fingerprint density at radius 1 is 1.44 bits per heavy atom. The number of nitrogens with zero attached hydrogens (tertiary/aromatic N) is 1. The monoisotopic (exact) mass is 251 g/mol. The zero-order valence-corrected chi connectivity index (χ0v) is 9.22. The lowest BCUT2D eigenvalue weighted by molar-refractivity contribution is 0.105. The molecule has 0 aromatic carbocycles. The second-order valence-corrected chi connectivity index (χ2v) is 3.04. The average molecular weight is 252 g/mol. The lowest BCUT2D eigenvalue weighted by Crippen LogP contribution is -2.06. The van der Waals surface area contributed by atoms with Gasteiger partial charge in [0.1, 0.15) is 17.0 Å². The number of aromatic nitrogens is 1. The Morgan fingerprint density at radius 2 is 2.06 bits per heavy atom. The molecule has 88 valence electrons. The molecular formula is C9H8ClF2NO3. The molecular weight excluding hydrogens is 244 g/mol. The van der Waals surface area contributed by atoms with E-state index in [2.05, 4.69) is 4.98 Å². The molecule has 7 heteroatoms. The molecule has 0 saturated heterocycles. The van der Waals surface area contributed by atoms with Crippen LogP contribution in [-0.4, -0.2) is 24.4 Å². The summed E-state index contributed by atoms with van der Waals surface area (Å²) in [5, 5.41) is -1.05. The number of hydrogen-bond acceptors (Lipinski definition) is 4. The van der Waals surface area contributed by atoms with E-state index in [1.807, 2.05) is 0 Å². The zero-order valence-electron chi connectivity index (χ0n) is 8.46. The van der Waals surface area contributed by atoms with Gasteiger partial charge in [-0.15, -0.1) is 0 Å². The zero-order chi connectivity index (χ0) is 12.3. The first kappa shape index (κ1) is 12.6. The minimum absolute atomic E-state index is 0.0752. The molecule has 16 heavy (non-hydrogen) atoms. The van der Waals surface area contributed by atoms with Crippen molar-refractivity contribution in [1.82, 2.24) is 4.98 Å². The maximum atomic E-state index is 12.6. The van der Waals surface area contributed by atoms with Crippen LogP contribution in [0.25, 0.3) is 0 Å². The van der Waals surface area contributed by atoms with Gasteiger partial charge < -0.3 is 9.47 Å². The Morgan fingerprint density at radius 3 is 2.44 bits per heavy atom. The van der Waals surface area contributed by atoms with E-state index in [0.29, 0.717) is 0 Å². The molecule has 1 heterocycles. The van der Waals surface area contributed by atoms with E-state index in [4.69, 9.17) is 21.1 Å². The van der Waals surface area contributed by atoms with Gasteiger partial charge in [0.15, 0.2) is 0 Å². The highest BCUT2D eigenvalue weighted by Crippen LogP contribution is 2.32. The van der Waals surface area contributed by atoms with Gasteiger partial charge in [-0.2, -0.15) is 0 Å². The number of alkyl halides is 2. The fourth-order valence-electron chi connectivity index (χ4n) is 1.14. The standard InChI is InChI=1S/C9H8ClF2NO3/c1-15-4-3-5(16-2)13-7(9(11)12)6(4)8(10)14/h3,9H,1-2H3. The van der Waals surface area contributed by atoms with Crippen molar-refractivity contribution >= 4 is 16.8 Å². The van der Waals surface area contributed by atoms with Crippen molar-refractivity contribution in [3.63, 3.8) is 0 Å². The first-order valence-electron chi connectivity index (χ1n) is 4.12. The van der Waals surface area contributed by atoms with Crippen molar-refractivity contribution in [3.05, 3.63) is 17.3 Å². The predicted octanol–water partition coefficient (Wildman–Crippen LogP) is 2.42. The molecule has 1 aromatic rings. The summed E-state index contributed by atoms with van der Waals surface area (Å²) in [6.07, 6.45) is -2.94. The van der Waals surface area contributed by atoms with E-state index < -0.39 is 22.9 Å². The lowest BCUT2D eigenvalue weighted by atomic mass is 10.2. The number of ether oxygens (including phenoxy) is 2. The summed E-state index contributed by atoms with van der Waals surface area (Å²) in [7, 11) is 2.49. The van der Waals surface area contributed by atoms with Gasteiger partial charge in [0, 0.05) is 6.07 Å². The van der Waals surface area contributed by atoms with E-state index in [1.165, 1.54) is 20.3 Å². The van der Waals surface area contributed by atoms with E-state index in [9.17, 15) is 13.6 Å². The third kappa shape index (κ3) is 2.38. The Labute approximate surface area is 95.1 Å². The summed E-state index contributed by atoms with van der Waals surface area (Å²) < 4.78 is 34.8. The Balaban J connectivity index is 3.47. The first-order valence-corrected chi connectivity index (χ1v) is 4.50. The summed E-state index contributed by atoms with van der Waals surface area (Å²) in [5.74, 6) is -0.170. The van der Waals surface area contributed by atoms with Crippen molar-refractivity contribution in [3.8, 4) is 11.6 Å². The Kier molecular flexibility index (Phi) is 4.00. The van der Waals surface area contributed by atoms with Gasteiger partial charge >= 0.3 is 0 Å². The maximum absolute atomic E-state index is 12.6. The molecule has 4 nitrogen and oxygen atoms in total. The third-order valence-corrected chi connectivity index (χ3v) is 2.01. The molecule has 0 spiro atoms. The van der Waals surface area contributed by atoms with Crippen LogP contribution in [0.2, 0.25) is 0 Å².